The van der Waals surface area contributed by atoms with Crippen LogP contribution in [-0.2, 0) is 19.3 Å². The molecule has 0 unspecified atom stereocenters. The summed E-state index contributed by atoms with van der Waals surface area (Å²) in [7, 11) is 0. The first kappa shape index (κ1) is 15.5. The highest BCUT2D eigenvalue weighted by molar-refractivity contribution is 6.30. The van der Waals surface area contributed by atoms with Crippen molar-refractivity contribution >= 4 is 11.6 Å². The van der Waals surface area contributed by atoms with Crippen molar-refractivity contribution in [1.82, 2.24) is 15.6 Å². The Morgan fingerprint density at radius 1 is 0.864 bits per heavy atom. The Labute approximate surface area is 137 Å². The van der Waals surface area contributed by atoms with Crippen molar-refractivity contribution < 1.29 is 0 Å². The highest BCUT2D eigenvalue weighted by atomic mass is 35.5. The molecule has 1 aromatic carbocycles. The molecule has 1 fully saturated rings. The molecule has 0 amide bonds. The average Bonchev–Trinajstić information content (AvgIpc) is 2.76. The van der Waals surface area contributed by atoms with Crippen LogP contribution in [0.2, 0.25) is 5.02 Å². The summed E-state index contributed by atoms with van der Waals surface area (Å²) >= 11 is 6.03. The molecule has 3 nitrogen and oxygen atoms in total. The number of rotatable bonds is 0. The van der Waals surface area contributed by atoms with Crippen LogP contribution in [0.3, 0.4) is 0 Å². The summed E-state index contributed by atoms with van der Waals surface area (Å²) in [6.45, 7) is 4.56. The van der Waals surface area contributed by atoms with Gasteiger partial charge in [-0.2, -0.15) is 0 Å². The monoisotopic (exact) mass is 315 g/mol. The molecule has 0 saturated carbocycles. The molecule has 0 spiro atoms. The molecule has 1 aromatic heterocycles. The standard InChI is InChI=1S/C14H12ClN.C4H10N2/c15-13-6-5-12-9-14-10(2-1-7-16-14)3-4-11(12)8-13;1-2-6-4-3-5-1/h1-2,5-8H,3-4,9H2;5-6H,1-4H2. The zero-order chi connectivity index (χ0) is 15.2. The highest BCUT2D eigenvalue weighted by Crippen LogP contribution is 2.25. The molecule has 0 atom stereocenters. The Morgan fingerprint density at radius 3 is 2.32 bits per heavy atom. The van der Waals surface area contributed by atoms with Crippen molar-refractivity contribution in [3.8, 4) is 0 Å². The number of benzene rings is 1. The lowest BCUT2D eigenvalue weighted by molar-refractivity contribution is 0.534. The van der Waals surface area contributed by atoms with Gasteiger partial charge >= 0.3 is 0 Å². The summed E-state index contributed by atoms with van der Waals surface area (Å²) in [5.41, 5.74) is 5.31. The van der Waals surface area contributed by atoms with E-state index in [2.05, 4.69) is 33.8 Å². The van der Waals surface area contributed by atoms with Gasteiger partial charge in [-0.15, -0.1) is 0 Å². The van der Waals surface area contributed by atoms with Crippen molar-refractivity contribution in [3.63, 3.8) is 0 Å². The second-order valence-corrected chi connectivity index (χ2v) is 6.14. The molecule has 2 N–H and O–H groups in total. The molecule has 116 valence electrons. The van der Waals surface area contributed by atoms with E-state index >= 15 is 0 Å². The third-order valence-corrected chi connectivity index (χ3v) is 4.37. The molecule has 2 aromatic rings. The summed E-state index contributed by atoms with van der Waals surface area (Å²) in [5.74, 6) is 0. The molecule has 2 aliphatic rings. The van der Waals surface area contributed by atoms with Crippen LogP contribution >= 0.6 is 11.6 Å². The van der Waals surface area contributed by atoms with Gasteiger partial charge in [-0.3, -0.25) is 4.98 Å². The second kappa shape index (κ2) is 7.73. The van der Waals surface area contributed by atoms with Crippen LogP contribution in [0, 0.1) is 0 Å². The van der Waals surface area contributed by atoms with Crippen molar-refractivity contribution in [3.05, 3.63) is 63.9 Å². The zero-order valence-electron chi connectivity index (χ0n) is 12.7. The topological polar surface area (TPSA) is 37.0 Å². The van der Waals surface area contributed by atoms with E-state index < -0.39 is 0 Å². The number of fused-ring (bicyclic) bond motifs is 2. The molecule has 4 heteroatoms. The first-order valence-corrected chi connectivity index (χ1v) is 8.32. The van der Waals surface area contributed by atoms with Crippen LogP contribution in [0.25, 0.3) is 0 Å². The van der Waals surface area contributed by atoms with Gasteiger partial charge < -0.3 is 10.6 Å². The Balaban J connectivity index is 0.000000202. The number of piperazine rings is 1. The fraction of sp³-hybridized carbons (Fsp3) is 0.389. The lowest BCUT2D eigenvalue weighted by atomic mass is 10.0. The van der Waals surface area contributed by atoms with Crippen LogP contribution in [0.1, 0.15) is 22.4 Å². The maximum Gasteiger partial charge on any atom is 0.0479 e. The molecular weight excluding hydrogens is 294 g/mol. The Hall–Kier alpha value is -1.42. The predicted octanol–water partition coefficient (Wildman–Crippen LogP) is 2.60. The minimum atomic E-state index is 0.831. The van der Waals surface area contributed by atoms with E-state index in [-0.39, 0.29) is 0 Å². The molecule has 1 saturated heterocycles. The van der Waals surface area contributed by atoms with Gasteiger partial charge in [-0.25, -0.2) is 0 Å². The van der Waals surface area contributed by atoms with Gasteiger partial charge in [0, 0.05) is 49.5 Å². The summed E-state index contributed by atoms with van der Waals surface area (Å²) in [4.78, 5) is 4.47. The largest absolute Gasteiger partial charge is 0.314 e. The Bertz CT molecular complexity index is 612. The van der Waals surface area contributed by atoms with E-state index in [1.807, 2.05) is 18.3 Å². The van der Waals surface area contributed by atoms with Crippen molar-refractivity contribution in [2.24, 2.45) is 0 Å². The molecule has 0 radical (unpaired) electrons. The number of aryl methyl sites for hydroxylation is 2. The lowest BCUT2D eigenvalue weighted by Crippen LogP contribution is -2.39. The van der Waals surface area contributed by atoms with Crippen LogP contribution in [0.15, 0.2) is 36.5 Å². The molecular formula is C18H22ClN3. The first-order chi connectivity index (χ1) is 10.8. The molecule has 22 heavy (non-hydrogen) atoms. The fourth-order valence-electron chi connectivity index (χ4n) is 2.91. The number of hydrogen-bond acceptors (Lipinski definition) is 3. The summed E-state index contributed by atoms with van der Waals surface area (Å²) in [6.07, 6.45) is 4.94. The van der Waals surface area contributed by atoms with Gasteiger partial charge in [0.15, 0.2) is 0 Å². The number of halogens is 1. The quantitative estimate of drug-likeness (QED) is 0.784. The number of hydrogen-bond donors (Lipinski definition) is 2. The highest BCUT2D eigenvalue weighted by Gasteiger charge is 2.13. The lowest BCUT2D eigenvalue weighted by Gasteiger charge is -2.11. The van der Waals surface area contributed by atoms with Gasteiger partial charge in [-0.05, 0) is 47.7 Å². The maximum absolute atomic E-state index is 6.03. The Kier molecular flexibility index (Phi) is 5.43. The minimum Gasteiger partial charge on any atom is -0.314 e. The van der Waals surface area contributed by atoms with Crippen LogP contribution in [-0.4, -0.2) is 31.2 Å². The van der Waals surface area contributed by atoms with Crippen LogP contribution in [0.5, 0.6) is 0 Å². The fourth-order valence-corrected chi connectivity index (χ4v) is 3.11. The van der Waals surface area contributed by atoms with Crippen LogP contribution in [0.4, 0.5) is 0 Å². The predicted molar refractivity (Wildman–Crippen MR) is 91.6 cm³/mol. The summed E-state index contributed by atoms with van der Waals surface area (Å²) in [6, 6.07) is 10.4. The van der Waals surface area contributed by atoms with E-state index in [1.165, 1.54) is 22.4 Å². The third kappa shape index (κ3) is 4.07. The van der Waals surface area contributed by atoms with E-state index in [0.717, 1.165) is 50.5 Å². The second-order valence-electron chi connectivity index (χ2n) is 5.70. The number of pyridine rings is 1. The smallest absolute Gasteiger partial charge is 0.0479 e. The third-order valence-electron chi connectivity index (χ3n) is 4.13. The van der Waals surface area contributed by atoms with Gasteiger partial charge in [0.1, 0.15) is 0 Å². The van der Waals surface area contributed by atoms with E-state index in [4.69, 9.17) is 11.6 Å². The molecule has 0 bridgehead atoms. The van der Waals surface area contributed by atoms with Gasteiger partial charge in [0.2, 0.25) is 0 Å². The summed E-state index contributed by atoms with van der Waals surface area (Å²) in [5, 5.41) is 7.28. The number of aromatic nitrogens is 1. The van der Waals surface area contributed by atoms with E-state index in [1.54, 1.807) is 0 Å². The van der Waals surface area contributed by atoms with Crippen molar-refractivity contribution in [1.29, 1.82) is 0 Å². The first-order valence-electron chi connectivity index (χ1n) is 7.94. The summed E-state index contributed by atoms with van der Waals surface area (Å²) < 4.78 is 0. The van der Waals surface area contributed by atoms with E-state index in [0.29, 0.717) is 0 Å². The molecule has 1 aliphatic heterocycles. The van der Waals surface area contributed by atoms with Crippen molar-refractivity contribution in [2.45, 2.75) is 19.3 Å². The van der Waals surface area contributed by atoms with E-state index in [9.17, 15) is 0 Å². The Morgan fingerprint density at radius 2 is 1.59 bits per heavy atom. The zero-order valence-corrected chi connectivity index (χ0v) is 13.5. The SMILES string of the molecule is C1CNCCN1.Clc1ccc2c(c1)CCc1cccnc1C2. The minimum absolute atomic E-state index is 0.831. The average molecular weight is 316 g/mol. The normalized spacial score (nSPS) is 16.6. The number of nitrogens with zero attached hydrogens (tertiary/aromatic N) is 1. The molecule has 4 rings (SSSR count). The van der Waals surface area contributed by atoms with Crippen LogP contribution < -0.4 is 10.6 Å². The number of nitrogens with one attached hydrogen (secondary N) is 2. The van der Waals surface area contributed by atoms with Gasteiger partial charge in [-0.1, -0.05) is 23.7 Å². The molecule has 1 aliphatic carbocycles. The van der Waals surface area contributed by atoms with Gasteiger partial charge in [0.25, 0.3) is 0 Å². The van der Waals surface area contributed by atoms with Crippen molar-refractivity contribution in [2.75, 3.05) is 26.2 Å². The molecule has 2 heterocycles. The maximum atomic E-state index is 6.03. The van der Waals surface area contributed by atoms with Gasteiger partial charge in [0.05, 0.1) is 0 Å².